The highest BCUT2D eigenvalue weighted by molar-refractivity contribution is 8.18. The van der Waals surface area contributed by atoms with Gasteiger partial charge in [0.25, 0.3) is 16.8 Å². The van der Waals surface area contributed by atoms with Crippen LogP contribution in [0.25, 0.3) is 17.4 Å². The molecule has 0 N–H and O–H groups in total. The molecule has 1 aliphatic rings. The summed E-state index contributed by atoms with van der Waals surface area (Å²) in [4.78, 5) is 37.5. The number of carbonyl (C=O) groups is 2. The van der Waals surface area contributed by atoms with Gasteiger partial charge in [0.05, 0.1) is 35.1 Å². The molecule has 8 nitrogen and oxygen atoms in total. The predicted octanol–water partition coefficient (Wildman–Crippen LogP) is 5.41. The number of hydrogen-bond donors (Lipinski definition) is 0. The largest absolute Gasteiger partial charge is 0.497 e. The number of imide groups is 1. The molecule has 0 atom stereocenters. The van der Waals surface area contributed by atoms with Crippen LogP contribution in [0.1, 0.15) is 16.9 Å². The number of methoxy groups -OCH3 is 1. The van der Waals surface area contributed by atoms with Crippen LogP contribution in [0.15, 0.2) is 63.9 Å². The van der Waals surface area contributed by atoms with E-state index < -0.39 is 10.8 Å². The zero-order valence-corrected chi connectivity index (χ0v) is 18.0. The van der Waals surface area contributed by atoms with E-state index in [0.717, 1.165) is 22.9 Å². The van der Waals surface area contributed by atoms with Crippen LogP contribution in [0.4, 0.5) is 10.5 Å². The van der Waals surface area contributed by atoms with Crippen molar-refractivity contribution in [3.63, 3.8) is 0 Å². The van der Waals surface area contributed by atoms with Crippen molar-refractivity contribution in [2.75, 3.05) is 7.11 Å². The minimum atomic E-state index is -0.517. The molecule has 0 unspecified atom stereocenters. The highest BCUT2D eigenvalue weighted by Crippen LogP contribution is 2.37. The molecule has 9 heteroatoms. The van der Waals surface area contributed by atoms with Gasteiger partial charge in [0, 0.05) is 6.08 Å². The summed E-state index contributed by atoms with van der Waals surface area (Å²) < 4.78 is 10.8. The number of rotatable bonds is 6. The number of hydrogen-bond acceptors (Lipinski definition) is 7. The van der Waals surface area contributed by atoms with Crippen molar-refractivity contribution in [1.29, 1.82) is 0 Å². The number of aryl methyl sites for hydroxylation is 1. The lowest BCUT2D eigenvalue weighted by Crippen LogP contribution is -2.27. The van der Waals surface area contributed by atoms with Crippen LogP contribution in [0.5, 0.6) is 5.75 Å². The first-order valence-electron chi connectivity index (χ1n) is 9.59. The molecule has 0 saturated carbocycles. The van der Waals surface area contributed by atoms with Crippen molar-refractivity contribution < 1.29 is 23.7 Å². The van der Waals surface area contributed by atoms with Gasteiger partial charge in [-0.3, -0.25) is 24.6 Å². The topological polar surface area (TPSA) is 103 Å². The van der Waals surface area contributed by atoms with E-state index in [2.05, 4.69) is 0 Å². The molecule has 3 aromatic rings. The van der Waals surface area contributed by atoms with E-state index in [1.165, 1.54) is 30.2 Å². The highest BCUT2D eigenvalue weighted by Gasteiger charge is 2.35. The molecule has 2 amide bonds. The Kier molecular flexibility index (Phi) is 5.83. The molecule has 0 radical (unpaired) electrons. The van der Waals surface area contributed by atoms with Crippen LogP contribution in [-0.4, -0.2) is 28.1 Å². The normalized spacial score (nSPS) is 14.9. The fraction of sp³-hybridized carbons (Fsp3) is 0.130. The fourth-order valence-corrected chi connectivity index (χ4v) is 4.15. The third-order valence-corrected chi connectivity index (χ3v) is 5.77. The summed E-state index contributed by atoms with van der Waals surface area (Å²) in [7, 11) is 1.43. The molecule has 1 fully saturated rings. The maximum Gasteiger partial charge on any atom is 0.293 e. The van der Waals surface area contributed by atoms with E-state index in [0.29, 0.717) is 11.5 Å². The Bertz CT molecular complexity index is 1260. The summed E-state index contributed by atoms with van der Waals surface area (Å²) in [5.41, 5.74) is 2.02. The van der Waals surface area contributed by atoms with Gasteiger partial charge in [-0.15, -0.1) is 0 Å². The number of nitro benzene ring substituents is 1. The maximum atomic E-state index is 12.8. The van der Waals surface area contributed by atoms with Gasteiger partial charge < -0.3 is 9.15 Å². The quantitative estimate of drug-likeness (QED) is 0.281. The number of nitro groups is 1. The van der Waals surface area contributed by atoms with E-state index in [-0.39, 0.29) is 33.7 Å². The summed E-state index contributed by atoms with van der Waals surface area (Å²) >= 11 is 0.832. The van der Waals surface area contributed by atoms with Gasteiger partial charge in [-0.05, 0) is 48.5 Å². The molecule has 32 heavy (non-hydrogen) atoms. The number of amides is 2. The first kappa shape index (κ1) is 21.4. The Morgan fingerprint density at radius 2 is 1.97 bits per heavy atom. The highest BCUT2D eigenvalue weighted by atomic mass is 32.2. The average molecular weight is 450 g/mol. The van der Waals surface area contributed by atoms with Crippen molar-refractivity contribution in [3.05, 3.63) is 86.5 Å². The average Bonchev–Trinajstić information content (AvgIpc) is 3.33. The maximum absolute atomic E-state index is 12.8. The Hall–Kier alpha value is -3.85. The van der Waals surface area contributed by atoms with Crippen LogP contribution in [-0.2, 0) is 11.3 Å². The molecule has 0 spiro atoms. The number of carbonyl (C=O) groups excluding carboxylic acids is 2. The minimum absolute atomic E-state index is 0.163. The molecule has 1 aliphatic heterocycles. The van der Waals surface area contributed by atoms with Crippen LogP contribution in [0.3, 0.4) is 0 Å². The zero-order valence-electron chi connectivity index (χ0n) is 17.2. The molecular weight excluding hydrogens is 432 g/mol. The lowest BCUT2D eigenvalue weighted by Gasteiger charge is -2.12. The molecule has 2 heterocycles. The van der Waals surface area contributed by atoms with E-state index >= 15 is 0 Å². The van der Waals surface area contributed by atoms with E-state index in [1.54, 1.807) is 18.2 Å². The van der Waals surface area contributed by atoms with Crippen molar-refractivity contribution in [2.45, 2.75) is 13.5 Å². The third kappa shape index (κ3) is 4.28. The zero-order chi connectivity index (χ0) is 22.8. The number of nitrogens with zero attached hydrogens (tertiary/aromatic N) is 2. The summed E-state index contributed by atoms with van der Waals surface area (Å²) in [5, 5.41) is 11.1. The van der Waals surface area contributed by atoms with Gasteiger partial charge in [0.1, 0.15) is 17.3 Å². The molecule has 0 bridgehead atoms. The molecule has 162 valence electrons. The summed E-state index contributed by atoms with van der Waals surface area (Å²) in [6, 6.07) is 15.2. The summed E-state index contributed by atoms with van der Waals surface area (Å²) in [5.74, 6) is 0.528. The monoisotopic (exact) mass is 450 g/mol. The molecule has 1 saturated heterocycles. The van der Waals surface area contributed by atoms with Gasteiger partial charge in [0.2, 0.25) is 0 Å². The van der Waals surface area contributed by atoms with Crippen molar-refractivity contribution >= 4 is 34.7 Å². The van der Waals surface area contributed by atoms with Crippen LogP contribution in [0.2, 0.25) is 0 Å². The van der Waals surface area contributed by atoms with Crippen LogP contribution < -0.4 is 4.74 Å². The number of thioether (sulfide) groups is 1. The molecule has 1 aromatic heterocycles. The van der Waals surface area contributed by atoms with Crippen LogP contribution >= 0.6 is 11.8 Å². The number of benzene rings is 2. The Balaban J connectivity index is 1.58. The first-order valence-corrected chi connectivity index (χ1v) is 10.4. The number of furan rings is 1. The molecule has 4 rings (SSSR count). The lowest BCUT2D eigenvalue weighted by molar-refractivity contribution is -0.384. The Labute approximate surface area is 187 Å². The van der Waals surface area contributed by atoms with Crippen molar-refractivity contribution in [3.8, 4) is 17.1 Å². The predicted molar refractivity (Wildman–Crippen MR) is 120 cm³/mol. The summed E-state index contributed by atoms with van der Waals surface area (Å²) in [6.07, 6.45) is 1.47. The molecular formula is C23H18N2O6S. The smallest absolute Gasteiger partial charge is 0.293 e. The second-order valence-electron chi connectivity index (χ2n) is 7.10. The molecule has 2 aromatic carbocycles. The second kappa shape index (κ2) is 8.72. The molecule has 0 aliphatic carbocycles. The Morgan fingerprint density at radius 1 is 1.16 bits per heavy atom. The Morgan fingerprint density at radius 3 is 2.69 bits per heavy atom. The number of ether oxygens (including phenoxy) is 1. The van der Waals surface area contributed by atoms with Crippen molar-refractivity contribution in [2.24, 2.45) is 0 Å². The minimum Gasteiger partial charge on any atom is -0.497 e. The van der Waals surface area contributed by atoms with E-state index in [1.807, 2.05) is 31.2 Å². The van der Waals surface area contributed by atoms with Gasteiger partial charge in [-0.1, -0.05) is 29.8 Å². The first-order chi connectivity index (χ1) is 15.4. The fourth-order valence-electron chi connectivity index (χ4n) is 3.33. The van der Waals surface area contributed by atoms with Gasteiger partial charge in [0.15, 0.2) is 0 Å². The SMILES string of the molecule is COc1ccc(-c2ccc(/C=C3/SC(=O)N(Cc4cccc(C)c4)C3=O)o2)c([N+](=O)[O-])c1. The van der Waals surface area contributed by atoms with Crippen molar-refractivity contribution in [1.82, 2.24) is 4.90 Å². The van der Waals surface area contributed by atoms with Gasteiger partial charge >= 0.3 is 0 Å². The van der Waals surface area contributed by atoms with Gasteiger partial charge in [-0.25, -0.2) is 0 Å². The standard InChI is InChI=1S/C23H18N2O6S/c1-14-4-3-5-15(10-14)13-24-22(26)21(32-23(24)27)12-17-7-9-20(31-17)18-8-6-16(30-2)11-19(18)25(28)29/h3-12H,13H2,1-2H3/b21-12+. The summed E-state index contributed by atoms with van der Waals surface area (Å²) in [6.45, 7) is 2.13. The van der Waals surface area contributed by atoms with E-state index in [9.17, 15) is 19.7 Å². The van der Waals surface area contributed by atoms with Crippen LogP contribution in [0, 0.1) is 17.0 Å². The van der Waals surface area contributed by atoms with E-state index in [4.69, 9.17) is 9.15 Å². The van der Waals surface area contributed by atoms with Gasteiger partial charge in [-0.2, -0.15) is 0 Å². The second-order valence-corrected chi connectivity index (χ2v) is 8.09. The third-order valence-electron chi connectivity index (χ3n) is 4.86. The lowest BCUT2D eigenvalue weighted by atomic mass is 10.1.